The number of aliphatic carboxylic acids is 2. The molecule has 1 aromatic heterocycles. The number of hydrogen-bond acceptors (Lipinski definition) is 8. The van der Waals surface area contributed by atoms with Crippen LogP contribution in [-0.4, -0.2) is 68.5 Å². The molecule has 1 aromatic rings. The molecule has 0 radical (unpaired) electrons. The van der Waals surface area contributed by atoms with Crippen molar-refractivity contribution in [2.45, 2.75) is 25.3 Å². The number of guanidine groups is 1. The first-order chi connectivity index (χ1) is 15.1. The van der Waals surface area contributed by atoms with Gasteiger partial charge in [0, 0.05) is 6.42 Å². The van der Waals surface area contributed by atoms with E-state index in [1.165, 1.54) is 12.1 Å². The summed E-state index contributed by atoms with van der Waals surface area (Å²) in [4.78, 5) is 68.4. The van der Waals surface area contributed by atoms with Gasteiger partial charge in [0.05, 0.1) is 11.9 Å². The summed E-state index contributed by atoms with van der Waals surface area (Å²) in [6.45, 7) is 0. The number of anilines is 1. The molecule has 0 saturated carbocycles. The molecule has 0 saturated heterocycles. The summed E-state index contributed by atoms with van der Waals surface area (Å²) in [5, 5.41) is 31.6. The molecule has 15 heteroatoms. The van der Waals surface area contributed by atoms with Gasteiger partial charge in [-0.3, -0.25) is 25.1 Å². The minimum Gasteiger partial charge on any atom is -0.481 e. The lowest BCUT2D eigenvalue weighted by Gasteiger charge is -2.14. The van der Waals surface area contributed by atoms with Crippen molar-refractivity contribution in [1.29, 1.82) is 5.41 Å². The van der Waals surface area contributed by atoms with Crippen molar-refractivity contribution in [2.75, 3.05) is 5.32 Å². The Bertz CT molecular complexity index is 1030. The van der Waals surface area contributed by atoms with Crippen LogP contribution < -0.4 is 21.7 Å². The molecule has 0 aliphatic carbocycles. The molecule has 15 nitrogen and oxygen atoms in total. The van der Waals surface area contributed by atoms with Crippen LogP contribution in [0.3, 0.4) is 0 Å². The highest BCUT2D eigenvalue weighted by molar-refractivity contribution is 6.69. The number of hydrogen-bond donors (Lipinski definition) is 7. The summed E-state index contributed by atoms with van der Waals surface area (Å²) in [6, 6.07) is 0.201. The molecule has 0 fully saturated rings. The number of carboxylic acids is 2. The van der Waals surface area contributed by atoms with Crippen LogP contribution in [0, 0.1) is 5.41 Å². The maximum Gasteiger partial charge on any atom is 0.346 e. The second-order valence-corrected chi connectivity index (χ2v) is 6.27. The first-order valence-corrected chi connectivity index (χ1v) is 8.92. The zero-order chi connectivity index (χ0) is 23.8. The number of nitrogens with zero attached hydrogens (tertiary/aromatic N) is 3. The van der Waals surface area contributed by atoms with Crippen molar-refractivity contribution in [3.8, 4) is 0 Å². The van der Waals surface area contributed by atoms with Gasteiger partial charge in [-0.05, 0) is 25.0 Å². The number of amidine groups is 1. The van der Waals surface area contributed by atoms with Gasteiger partial charge in [0.25, 0.3) is 11.8 Å². The van der Waals surface area contributed by atoms with Crippen LogP contribution in [0.2, 0.25) is 0 Å². The molecule has 0 bridgehead atoms. The number of pyridine rings is 1. The number of aliphatic imine (C=N–C) groups is 2. The van der Waals surface area contributed by atoms with Crippen LogP contribution in [-0.2, 0) is 14.4 Å². The average Bonchev–Trinajstić information content (AvgIpc) is 2.70. The maximum atomic E-state index is 12.2. The number of carboxylic acid groups (broad SMARTS) is 2. The van der Waals surface area contributed by atoms with Crippen molar-refractivity contribution >= 4 is 53.0 Å². The standard InChI is InChI=1S/C17H18N8O7/c18-12-11(14(29)25-16(19)24-12)23-17(32)21-7-4-5-8(20-6-7)13(28)22-9(15(30)31)2-1-3-10(26)27/h4-6,9H,1-3H2,(H,21,32)(H,22,28)(H,26,27)(H,30,31)(H4,18,19,24,25,29)/b23-11-/t9-/m0/s1. The molecule has 2 rings (SSSR count). The Labute approximate surface area is 179 Å². The summed E-state index contributed by atoms with van der Waals surface area (Å²) in [5.74, 6) is -4.98. The number of rotatable bonds is 8. The van der Waals surface area contributed by atoms with Gasteiger partial charge in [0.1, 0.15) is 11.7 Å². The summed E-state index contributed by atoms with van der Waals surface area (Å²) in [5.41, 5.74) is 4.94. The van der Waals surface area contributed by atoms with Gasteiger partial charge in [-0.2, -0.15) is 9.98 Å². The lowest BCUT2D eigenvalue weighted by atomic mass is 10.1. The van der Waals surface area contributed by atoms with Gasteiger partial charge in [-0.1, -0.05) is 0 Å². The highest BCUT2D eigenvalue weighted by atomic mass is 16.4. The van der Waals surface area contributed by atoms with E-state index in [0.29, 0.717) is 0 Å². The summed E-state index contributed by atoms with van der Waals surface area (Å²) in [6.07, 6.45) is 0.836. The summed E-state index contributed by atoms with van der Waals surface area (Å²) >= 11 is 0. The van der Waals surface area contributed by atoms with E-state index in [-0.39, 0.29) is 30.6 Å². The zero-order valence-corrected chi connectivity index (χ0v) is 16.3. The van der Waals surface area contributed by atoms with Crippen LogP contribution in [0.15, 0.2) is 28.3 Å². The number of nitrogens with two attached hydrogens (primary N) is 1. The molecular formula is C17H18N8O7. The largest absolute Gasteiger partial charge is 0.481 e. The third-order valence-electron chi connectivity index (χ3n) is 3.87. The van der Waals surface area contributed by atoms with Crippen LogP contribution in [0.25, 0.3) is 0 Å². The van der Waals surface area contributed by atoms with E-state index in [9.17, 15) is 24.0 Å². The fraction of sp³-hybridized carbons (Fsp3) is 0.235. The Morgan fingerprint density at radius 3 is 2.53 bits per heavy atom. The van der Waals surface area contributed by atoms with Gasteiger partial charge in [0.2, 0.25) is 5.96 Å². The lowest BCUT2D eigenvalue weighted by molar-refractivity contribution is -0.140. The summed E-state index contributed by atoms with van der Waals surface area (Å²) in [7, 11) is 0. The molecule has 0 spiro atoms. The second-order valence-electron chi connectivity index (χ2n) is 6.27. The van der Waals surface area contributed by atoms with E-state index in [2.05, 4.69) is 25.6 Å². The second kappa shape index (κ2) is 10.4. The number of carbonyl (C=O) groups is 5. The molecule has 2 heterocycles. The Morgan fingerprint density at radius 1 is 1.25 bits per heavy atom. The molecule has 32 heavy (non-hydrogen) atoms. The van der Waals surface area contributed by atoms with Gasteiger partial charge in [-0.25, -0.2) is 14.6 Å². The van der Waals surface area contributed by atoms with Crippen molar-refractivity contribution < 1.29 is 34.2 Å². The third-order valence-corrected chi connectivity index (χ3v) is 3.87. The first kappa shape index (κ1) is 23.6. The van der Waals surface area contributed by atoms with E-state index >= 15 is 0 Å². The minimum atomic E-state index is -1.32. The maximum absolute atomic E-state index is 12.2. The van der Waals surface area contributed by atoms with E-state index in [1.54, 1.807) is 0 Å². The number of aromatic nitrogens is 1. The monoisotopic (exact) mass is 446 g/mol. The molecule has 1 aliphatic heterocycles. The van der Waals surface area contributed by atoms with Crippen molar-refractivity contribution in [1.82, 2.24) is 15.6 Å². The van der Waals surface area contributed by atoms with Crippen molar-refractivity contribution in [2.24, 2.45) is 15.7 Å². The molecule has 168 valence electrons. The van der Waals surface area contributed by atoms with Crippen LogP contribution in [0.4, 0.5) is 10.5 Å². The minimum absolute atomic E-state index is 0.0574. The van der Waals surface area contributed by atoms with E-state index in [0.717, 1.165) is 6.20 Å². The molecule has 1 atom stereocenters. The van der Waals surface area contributed by atoms with Crippen LogP contribution in [0.1, 0.15) is 29.8 Å². The Kier molecular flexibility index (Phi) is 7.65. The number of nitrogens with one attached hydrogen (secondary N) is 4. The SMILES string of the molecule is N=C1N=C(N)/C(=N/C(=O)Nc2ccc(C(=O)N[C@@H](CCCC(=O)O)C(=O)O)nc2)C(=O)N1. The predicted molar refractivity (Wildman–Crippen MR) is 109 cm³/mol. The highest BCUT2D eigenvalue weighted by Crippen LogP contribution is 2.09. The number of carbonyl (C=O) groups excluding carboxylic acids is 3. The molecular weight excluding hydrogens is 428 g/mol. The third kappa shape index (κ3) is 6.68. The normalized spacial score (nSPS) is 15.4. The summed E-state index contributed by atoms with van der Waals surface area (Å²) < 4.78 is 0. The lowest BCUT2D eigenvalue weighted by Crippen LogP contribution is -2.47. The zero-order valence-electron chi connectivity index (χ0n) is 16.3. The molecule has 4 amide bonds. The van der Waals surface area contributed by atoms with Gasteiger partial charge in [-0.15, -0.1) is 0 Å². The highest BCUT2D eigenvalue weighted by Gasteiger charge is 2.24. The van der Waals surface area contributed by atoms with Crippen molar-refractivity contribution in [3.05, 3.63) is 24.0 Å². The fourth-order valence-electron chi connectivity index (χ4n) is 2.39. The van der Waals surface area contributed by atoms with Gasteiger partial charge >= 0.3 is 18.0 Å². The Balaban J connectivity index is 2.00. The number of amides is 4. The average molecular weight is 446 g/mol. The molecule has 0 aromatic carbocycles. The van der Waals surface area contributed by atoms with Gasteiger partial charge < -0.3 is 26.6 Å². The number of urea groups is 1. The molecule has 1 aliphatic rings. The first-order valence-electron chi connectivity index (χ1n) is 8.92. The Morgan fingerprint density at radius 2 is 1.97 bits per heavy atom. The topological polar surface area (TPSA) is 249 Å². The van der Waals surface area contributed by atoms with Crippen LogP contribution in [0.5, 0.6) is 0 Å². The van der Waals surface area contributed by atoms with Gasteiger partial charge in [0.15, 0.2) is 11.5 Å². The fourth-order valence-corrected chi connectivity index (χ4v) is 2.39. The smallest absolute Gasteiger partial charge is 0.346 e. The van der Waals surface area contributed by atoms with E-state index in [1.807, 2.05) is 5.32 Å². The van der Waals surface area contributed by atoms with E-state index in [4.69, 9.17) is 21.4 Å². The van der Waals surface area contributed by atoms with Crippen molar-refractivity contribution in [3.63, 3.8) is 0 Å². The Hall–Kier alpha value is -4.69. The van der Waals surface area contributed by atoms with Crippen LogP contribution >= 0.6 is 0 Å². The quantitative estimate of drug-likeness (QED) is 0.256. The predicted octanol–water partition coefficient (Wildman–Crippen LogP) is -1.09. The van der Waals surface area contributed by atoms with E-state index < -0.39 is 53.3 Å². The molecule has 8 N–H and O–H groups in total. The molecule has 0 unspecified atom stereocenters.